The molecule has 0 saturated heterocycles. The van der Waals surface area contributed by atoms with Gasteiger partial charge in [0.25, 0.3) is 5.91 Å². The molecule has 1 amide bonds. The number of amides is 1. The van der Waals surface area contributed by atoms with Crippen LogP contribution >= 0.6 is 34.8 Å². The third-order valence-electron chi connectivity index (χ3n) is 4.65. The number of carbonyl (C=O) groups is 1. The van der Waals surface area contributed by atoms with Gasteiger partial charge in [-0.15, -0.1) is 0 Å². The summed E-state index contributed by atoms with van der Waals surface area (Å²) >= 11 is 18.6. The minimum atomic E-state index is -0.209. The van der Waals surface area contributed by atoms with Crippen molar-refractivity contribution in [1.29, 1.82) is 0 Å². The quantitative estimate of drug-likeness (QED) is 0.395. The van der Waals surface area contributed by atoms with Gasteiger partial charge in [-0.05, 0) is 50.5 Å². The number of rotatable bonds is 7. The van der Waals surface area contributed by atoms with E-state index in [0.29, 0.717) is 44.8 Å². The van der Waals surface area contributed by atoms with Crippen molar-refractivity contribution in [3.63, 3.8) is 0 Å². The molecule has 3 aromatic rings. The number of nitrogens with zero attached hydrogens (tertiary/aromatic N) is 3. The van der Waals surface area contributed by atoms with Crippen LogP contribution in [0.1, 0.15) is 10.4 Å². The molecule has 0 saturated carbocycles. The summed E-state index contributed by atoms with van der Waals surface area (Å²) in [6.07, 6.45) is 1.54. The topological polar surface area (TPSA) is 45.7 Å². The summed E-state index contributed by atoms with van der Waals surface area (Å²) in [5.41, 5.74) is 2.33. The number of hydrogen-bond acceptors (Lipinski definition) is 4. The lowest BCUT2D eigenvalue weighted by Crippen LogP contribution is -2.27. The molecule has 8 heteroatoms. The Morgan fingerprint density at radius 2 is 1.71 bits per heavy atom. The van der Waals surface area contributed by atoms with Crippen LogP contribution in [0.3, 0.4) is 0 Å². The second kappa shape index (κ2) is 10.3. The summed E-state index contributed by atoms with van der Waals surface area (Å²) in [6, 6.07) is 14.0. The molecule has 0 radical (unpaired) electrons. The normalized spacial score (nSPS) is 10.9. The molecule has 0 aliphatic carbocycles. The molecule has 1 aromatic heterocycles. The van der Waals surface area contributed by atoms with Crippen LogP contribution in [0, 0.1) is 0 Å². The number of anilines is 1. The van der Waals surface area contributed by atoms with Gasteiger partial charge in [-0.1, -0.05) is 46.9 Å². The van der Waals surface area contributed by atoms with Crippen LogP contribution in [0.15, 0.2) is 54.7 Å². The predicted molar refractivity (Wildman–Crippen MR) is 128 cm³/mol. The fourth-order valence-corrected chi connectivity index (χ4v) is 3.65. The van der Waals surface area contributed by atoms with E-state index in [1.807, 2.05) is 43.3 Å². The Morgan fingerprint density at radius 3 is 2.42 bits per heavy atom. The molecule has 0 N–H and O–H groups in total. The van der Waals surface area contributed by atoms with Crippen molar-refractivity contribution in [2.24, 2.45) is 0 Å². The van der Waals surface area contributed by atoms with Crippen molar-refractivity contribution in [3.8, 4) is 16.9 Å². The molecule has 0 bridgehead atoms. The summed E-state index contributed by atoms with van der Waals surface area (Å²) in [6.45, 7) is 1.28. The highest BCUT2D eigenvalue weighted by Gasteiger charge is 2.19. The number of benzene rings is 2. The van der Waals surface area contributed by atoms with Crippen molar-refractivity contribution >= 4 is 46.4 Å². The SMILES string of the molecule is CN(C)CCOc1ccccc1N(C)C(=O)c1ccc(Cl)c(-c2cnc(Cl)cc2Cl)c1. The minimum absolute atomic E-state index is 0.209. The molecule has 1 heterocycles. The van der Waals surface area contributed by atoms with E-state index in [0.717, 1.165) is 6.54 Å². The lowest BCUT2D eigenvalue weighted by molar-refractivity contribution is 0.0992. The van der Waals surface area contributed by atoms with Crippen LogP contribution in [0.2, 0.25) is 15.2 Å². The Kier molecular flexibility index (Phi) is 7.79. The molecule has 2 aromatic carbocycles. The van der Waals surface area contributed by atoms with Crippen molar-refractivity contribution in [2.75, 3.05) is 39.2 Å². The summed E-state index contributed by atoms with van der Waals surface area (Å²) in [7, 11) is 5.67. The van der Waals surface area contributed by atoms with E-state index in [4.69, 9.17) is 39.5 Å². The zero-order valence-electron chi connectivity index (χ0n) is 17.4. The van der Waals surface area contributed by atoms with Crippen LogP contribution in [-0.4, -0.2) is 50.1 Å². The van der Waals surface area contributed by atoms with E-state index in [9.17, 15) is 4.79 Å². The Hall–Kier alpha value is -2.31. The molecular weight excluding hydrogens is 457 g/mol. The van der Waals surface area contributed by atoms with Gasteiger partial charge < -0.3 is 14.5 Å². The predicted octanol–water partition coefficient (Wildman–Crippen LogP) is 5.93. The average Bonchev–Trinajstić information content (AvgIpc) is 2.73. The molecule has 0 atom stereocenters. The number of ether oxygens (including phenoxy) is 1. The lowest BCUT2D eigenvalue weighted by atomic mass is 10.0. The van der Waals surface area contributed by atoms with Crippen LogP contribution in [0.5, 0.6) is 5.75 Å². The maximum Gasteiger partial charge on any atom is 0.258 e. The molecule has 0 unspecified atom stereocenters. The first-order valence-electron chi connectivity index (χ1n) is 9.53. The lowest BCUT2D eigenvalue weighted by Gasteiger charge is -2.22. The second-order valence-electron chi connectivity index (χ2n) is 7.17. The first kappa shape index (κ1) is 23.4. The number of pyridine rings is 1. The van der Waals surface area contributed by atoms with Gasteiger partial charge in [0.1, 0.15) is 17.5 Å². The molecular formula is C23H22Cl3N3O2. The van der Waals surface area contributed by atoms with Gasteiger partial charge >= 0.3 is 0 Å². The maximum absolute atomic E-state index is 13.3. The van der Waals surface area contributed by atoms with Crippen LogP contribution in [-0.2, 0) is 0 Å². The summed E-state index contributed by atoms with van der Waals surface area (Å²) in [4.78, 5) is 20.9. The van der Waals surface area contributed by atoms with Crippen molar-refractivity contribution in [2.45, 2.75) is 0 Å². The van der Waals surface area contributed by atoms with Gasteiger partial charge in [0.2, 0.25) is 0 Å². The van der Waals surface area contributed by atoms with Gasteiger partial charge in [-0.3, -0.25) is 4.79 Å². The number of aromatic nitrogens is 1. The Balaban J connectivity index is 1.90. The average molecular weight is 479 g/mol. The fourth-order valence-electron chi connectivity index (χ4n) is 2.97. The van der Waals surface area contributed by atoms with E-state index in [1.54, 1.807) is 30.1 Å². The monoisotopic (exact) mass is 477 g/mol. The van der Waals surface area contributed by atoms with Crippen LogP contribution in [0.4, 0.5) is 5.69 Å². The molecule has 5 nitrogen and oxygen atoms in total. The maximum atomic E-state index is 13.3. The fraction of sp³-hybridized carbons (Fsp3) is 0.217. The van der Waals surface area contributed by atoms with E-state index >= 15 is 0 Å². The van der Waals surface area contributed by atoms with E-state index in [1.165, 1.54) is 12.3 Å². The molecule has 162 valence electrons. The first-order valence-corrected chi connectivity index (χ1v) is 10.7. The van der Waals surface area contributed by atoms with Crippen molar-refractivity contribution in [1.82, 2.24) is 9.88 Å². The highest BCUT2D eigenvalue weighted by atomic mass is 35.5. The van der Waals surface area contributed by atoms with Crippen LogP contribution < -0.4 is 9.64 Å². The van der Waals surface area contributed by atoms with Crippen molar-refractivity contribution in [3.05, 3.63) is 75.5 Å². The smallest absolute Gasteiger partial charge is 0.258 e. The second-order valence-corrected chi connectivity index (χ2v) is 8.37. The third kappa shape index (κ3) is 5.69. The van der Waals surface area contributed by atoms with Crippen LogP contribution in [0.25, 0.3) is 11.1 Å². The van der Waals surface area contributed by atoms with E-state index in [-0.39, 0.29) is 11.1 Å². The zero-order valence-corrected chi connectivity index (χ0v) is 19.7. The highest BCUT2D eigenvalue weighted by Crippen LogP contribution is 2.35. The highest BCUT2D eigenvalue weighted by molar-refractivity contribution is 6.37. The summed E-state index contributed by atoms with van der Waals surface area (Å²) in [5, 5.41) is 1.14. The van der Waals surface area contributed by atoms with Gasteiger partial charge in [0.15, 0.2) is 0 Å². The molecule has 3 rings (SSSR count). The Bertz CT molecular complexity index is 1090. The molecule has 0 aliphatic heterocycles. The third-order valence-corrected chi connectivity index (χ3v) is 5.50. The molecule has 0 spiro atoms. The molecule has 31 heavy (non-hydrogen) atoms. The molecule has 0 fully saturated rings. The summed E-state index contributed by atoms with van der Waals surface area (Å²) in [5.74, 6) is 0.430. The number of carbonyl (C=O) groups excluding carboxylic acids is 1. The Labute approximate surface area is 197 Å². The van der Waals surface area contributed by atoms with Gasteiger partial charge in [0.05, 0.1) is 10.7 Å². The number of hydrogen-bond donors (Lipinski definition) is 0. The van der Waals surface area contributed by atoms with Crippen molar-refractivity contribution < 1.29 is 9.53 Å². The standard InChI is InChI=1S/C23H22Cl3N3O2/c1-28(2)10-11-31-21-7-5-4-6-20(21)29(3)23(30)15-8-9-18(24)16(12-15)17-14-27-22(26)13-19(17)25/h4-9,12-14H,10-11H2,1-3H3. The largest absolute Gasteiger partial charge is 0.490 e. The zero-order chi connectivity index (χ0) is 22.5. The van der Waals surface area contributed by atoms with E-state index < -0.39 is 0 Å². The van der Waals surface area contributed by atoms with E-state index in [2.05, 4.69) is 4.98 Å². The van der Waals surface area contributed by atoms with Gasteiger partial charge in [-0.2, -0.15) is 0 Å². The summed E-state index contributed by atoms with van der Waals surface area (Å²) < 4.78 is 5.90. The first-order chi connectivity index (χ1) is 14.8. The number of likely N-dealkylation sites (N-methyl/N-ethyl adjacent to an activating group) is 1. The van der Waals surface area contributed by atoms with Gasteiger partial charge in [-0.25, -0.2) is 4.98 Å². The molecule has 0 aliphatic rings. The number of para-hydroxylation sites is 2. The van der Waals surface area contributed by atoms with Gasteiger partial charge in [0, 0.05) is 41.5 Å². The number of halogens is 3. The minimum Gasteiger partial charge on any atom is -0.490 e. The Morgan fingerprint density at radius 1 is 0.968 bits per heavy atom.